The van der Waals surface area contributed by atoms with E-state index in [9.17, 15) is 13.2 Å². The molecule has 0 amide bonds. The molecule has 0 saturated carbocycles. The lowest BCUT2D eigenvalue weighted by molar-refractivity contribution is 0.0954. The Labute approximate surface area is 100 Å². The molecule has 0 aromatic heterocycles. The summed E-state index contributed by atoms with van der Waals surface area (Å²) in [6.45, 7) is 2.80. The molecule has 0 fully saturated rings. The average Bonchev–Trinajstić information content (AvgIpc) is 2.16. The summed E-state index contributed by atoms with van der Waals surface area (Å²) in [7, 11) is -3.44. The van der Waals surface area contributed by atoms with Crippen LogP contribution in [-0.4, -0.2) is 25.2 Å². The molecule has 1 rings (SSSR count). The normalized spacial score (nSPS) is 12.5. The SMILES string of the molecule is CC(C)(C(=O)c1ccc(Cl)cc1)S(C)(=O)=O. The molecule has 88 valence electrons. The van der Waals surface area contributed by atoms with Gasteiger partial charge in [-0.25, -0.2) is 8.42 Å². The highest BCUT2D eigenvalue weighted by Gasteiger charge is 2.38. The maximum absolute atomic E-state index is 12.0. The number of halogens is 1. The third-order valence-electron chi connectivity index (χ3n) is 2.58. The smallest absolute Gasteiger partial charge is 0.183 e. The van der Waals surface area contributed by atoms with Crippen molar-refractivity contribution < 1.29 is 13.2 Å². The van der Waals surface area contributed by atoms with Gasteiger partial charge in [-0.1, -0.05) is 11.6 Å². The van der Waals surface area contributed by atoms with E-state index >= 15 is 0 Å². The molecule has 0 N–H and O–H groups in total. The lowest BCUT2D eigenvalue weighted by Gasteiger charge is -2.20. The summed E-state index contributed by atoms with van der Waals surface area (Å²) in [5.41, 5.74) is 0.347. The third-order valence-corrected chi connectivity index (χ3v) is 4.87. The molecular weight excluding hydrogens is 248 g/mol. The molecule has 3 nitrogen and oxygen atoms in total. The average molecular weight is 261 g/mol. The lowest BCUT2D eigenvalue weighted by Crippen LogP contribution is -2.39. The van der Waals surface area contributed by atoms with Crippen LogP contribution in [0.25, 0.3) is 0 Å². The van der Waals surface area contributed by atoms with Crippen LogP contribution in [0, 0.1) is 0 Å². The van der Waals surface area contributed by atoms with Crippen molar-refractivity contribution in [3.05, 3.63) is 34.9 Å². The lowest BCUT2D eigenvalue weighted by atomic mass is 10.0. The number of Topliss-reactive ketones (excluding diaryl/α,β-unsaturated/α-hetero) is 1. The highest BCUT2D eigenvalue weighted by molar-refractivity contribution is 7.92. The van der Waals surface area contributed by atoms with Gasteiger partial charge in [0.25, 0.3) is 0 Å². The Kier molecular flexibility index (Phi) is 3.45. The van der Waals surface area contributed by atoms with Gasteiger partial charge in [0.2, 0.25) is 0 Å². The van der Waals surface area contributed by atoms with E-state index in [0.717, 1.165) is 6.26 Å². The Balaban J connectivity index is 3.18. The van der Waals surface area contributed by atoms with E-state index in [1.165, 1.54) is 26.0 Å². The van der Waals surface area contributed by atoms with Crippen molar-refractivity contribution in [2.75, 3.05) is 6.26 Å². The van der Waals surface area contributed by atoms with Crippen molar-refractivity contribution >= 4 is 27.2 Å². The first-order valence-corrected chi connectivity index (χ1v) is 6.93. The van der Waals surface area contributed by atoms with Crippen LogP contribution < -0.4 is 0 Å². The predicted octanol–water partition coefficient (Wildman–Crippen LogP) is 2.35. The zero-order valence-corrected chi connectivity index (χ0v) is 10.9. The molecule has 0 radical (unpaired) electrons. The summed E-state index contributed by atoms with van der Waals surface area (Å²) in [5, 5.41) is 0.508. The van der Waals surface area contributed by atoms with Gasteiger partial charge in [-0.15, -0.1) is 0 Å². The molecule has 0 unspecified atom stereocenters. The van der Waals surface area contributed by atoms with E-state index in [1.807, 2.05) is 0 Å². The molecule has 0 heterocycles. The van der Waals surface area contributed by atoms with Crippen molar-refractivity contribution in [3.8, 4) is 0 Å². The summed E-state index contributed by atoms with van der Waals surface area (Å²) in [5.74, 6) is -0.424. The second-order valence-electron chi connectivity index (χ2n) is 4.12. The van der Waals surface area contributed by atoms with Crippen LogP contribution in [0.2, 0.25) is 5.02 Å². The summed E-state index contributed by atoms with van der Waals surface area (Å²) in [4.78, 5) is 12.0. The Hall–Kier alpha value is -0.870. The van der Waals surface area contributed by atoms with Crippen molar-refractivity contribution in [3.63, 3.8) is 0 Å². The number of hydrogen-bond donors (Lipinski definition) is 0. The van der Waals surface area contributed by atoms with Crippen LogP contribution in [0.3, 0.4) is 0 Å². The monoisotopic (exact) mass is 260 g/mol. The minimum Gasteiger partial charge on any atom is -0.292 e. The molecule has 0 atom stereocenters. The minimum absolute atomic E-state index is 0.347. The molecule has 1 aromatic carbocycles. The fourth-order valence-electron chi connectivity index (χ4n) is 1.12. The van der Waals surface area contributed by atoms with Crippen molar-refractivity contribution in [2.45, 2.75) is 18.6 Å². The molecule has 5 heteroatoms. The van der Waals surface area contributed by atoms with Gasteiger partial charge < -0.3 is 0 Å². The van der Waals surface area contributed by atoms with Crippen LogP contribution in [0.5, 0.6) is 0 Å². The van der Waals surface area contributed by atoms with Crippen LogP contribution in [0.4, 0.5) is 0 Å². The van der Waals surface area contributed by atoms with Crippen LogP contribution in [0.1, 0.15) is 24.2 Å². The molecule has 0 aliphatic carbocycles. The second-order valence-corrected chi connectivity index (χ2v) is 7.12. The van der Waals surface area contributed by atoms with Crippen LogP contribution in [0.15, 0.2) is 24.3 Å². The zero-order valence-electron chi connectivity index (χ0n) is 9.32. The first-order chi connectivity index (χ1) is 7.16. The molecule has 0 bridgehead atoms. The number of sulfone groups is 1. The van der Waals surface area contributed by atoms with E-state index < -0.39 is 20.4 Å². The van der Waals surface area contributed by atoms with Crippen LogP contribution in [-0.2, 0) is 9.84 Å². The quantitative estimate of drug-likeness (QED) is 0.784. The number of hydrogen-bond acceptors (Lipinski definition) is 3. The van der Waals surface area contributed by atoms with Gasteiger partial charge >= 0.3 is 0 Å². The molecule has 0 aliphatic heterocycles. The Bertz CT molecular complexity index is 501. The van der Waals surface area contributed by atoms with Gasteiger partial charge in [0.05, 0.1) is 0 Å². The molecular formula is C11H13ClO3S. The fourth-order valence-corrected chi connectivity index (χ4v) is 1.70. The predicted molar refractivity (Wildman–Crippen MR) is 64.7 cm³/mol. The van der Waals surface area contributed by atoms with Crippen molar-refractivity contribution in [1.82, 2.24) is 0 Å². The van der Waals surface area contributed by atoms with Gasteiger partial charge in [0, 0.05) is 16.8 Å². The molecule has 16 heavy (non-hydrogen) atoms. The zero-order chi connectivity index (χ0) is 12.6. The topological polar surface area (TPSA) is 51.2 Å². The standard InChI is InChI=1S/C11H13ClO3S/c1-11(2,16(3,14)15)10(13)8-4-6-9(12)7-5-8/h4-7H,1-3H3. The Morgan fingerprint density at radius 3 is 2.00 bits per heavy atom. The van der Waals surface area contributed by atoms with Gasteiger partial charge in [-0.2, -0.15) is 0 Å². The third kappa shape index (κ3) is 2.44. The Morgan fingerprint density at radius 2 is 1.62 bits per heavy atom. The number of carbonyl (C=O) groups is 1. The number of carbonyl (C=O) groups excluding carboxylic acids is 1. The molecule has 0 spiro atoms. The first kappa shape index (κ1) is 13.2. The molecule has 0 aliphatic rings. The number of rotatable bonds is 3. The van der Waals surface area contributed by atoms with E-state index in [0.29, 0.717) is 10.6 Å². The Morgan fingerprint density at radius 1 is 1.19 bits per heavy atom. The van der Waals surface area contributed by atoms with Gasteiger partial charge in [-0.05, 0) is 38.1 Å². The summed E-state index contributed by atoms with van der Waals surface area (Å²) < 4.78 is 21.6. The van der Waals surface area contributed by atoms with Crippen LogP contribution >= 0.6 is 11.6 Å². The van der Waals surface area contributed by atoms with Gasteiger partial charge in [-0.3, -0.25) is 4.79 Å². The first-order valence-electron chi connectivity index (χ1n) is 4.66. The summed E-state index contributed by atoms with van der Waals surface area (Å²) >= 11 is 5.69. The number of benzene rings is 1. The van der Waals surface area contributed by atoms with E-state index in [4.69, 9.17) is 11.6 Å². The highest BCUT2D eigenvalue weighted by Crippen LogP contribution is 2.22. The van der Waals surface area contributed by atoms with Crippen molar-refractivity contribution in [2.24, 2.45) is 0 Å². The van der Waals surface area contributed by atoms with E-state index in [1.54, 1.807) is 12.1 Å². The van der Waals surface area contributed by atoms with E-state index in [2.05, 4.69) is 0 Å². The largest absolute Gasteiger partial charge is 0.292 e. The minimum atomic E-state index is -3.44. The van der Waals surface area contributed by atoms with Gasteiger partial charge in [0.15, 0.2) is 15.6 Å². The summed E-state index contributed by atoms with van der Waals surface area (Å²) in [6, 6.07) is 6.18. The van der Waals surface area contributed by atoms with Crippen molar-refractivity contribution in [1.29, 1.82) is 0 Å². The maximum Gasteiger partial charge on any atom is 0.183 e. The van der Waals surface area contributed by atoms with Gasteiger partial charge in [0.1, 0.15) is 4.75 Å². The fraction of sp³-hybridized carbons (Fsp3) is 0.364. The second kappa shape index (κ2) is 4.18. The molecule has 1 aromatic rings. The maximum atomic E-state index is 12.0. The highest BCUT2D eigenvalue weighted by atomic mass is 35.5. The summed E-state index contributed by atoms with van der Waals surface area (Å²) in [6.07, 6.45) is 1.06. The van der Waals surface area contributed by atoms with E-state index in [-0.39, 0.29) is 0 Å². The number of ketones is 1. The molecule has 0 saturated heterocycles.